The Balaban J connectivity index is 1.61. The van der Waals surface area contributed by atoms with Crippen LogP contribution in [0.4, 0.5) is 19.0 Å². The van der Waals surface area contributed by atoms with Gasteiger partial charge in [0.05, 0.1) is 30.5 Å². The van der Waals surface area contributed by atoms with Crippen LogP contribution in [0.2, 0.25) is 0 Å². The minimum absolute atomic E-state index is 0.112. The van der Waals surface area contributed by atoms with E-state index in [9.17, 15) is 13.2 Å². The summed E-state index contributed by atoms with van der Waals surface area (Å²) in [4.78, 5) is 6.22. The highest BCUT2D eigenvalue weighted by molar-refractivity contribution is 5.62. The number of piperidine rings is 1. The van der Waals surface area contributed by atoms with Crippen molar-refractivity contribution in [2.75, 3.05) is 32.0 Å². The Bertz CT molecular complexity index is 867. The Labute approximate surface area is 167 Å². The number of nitrogen functional groups attached to an aromatic ring is 1. The average Bonchev–Trinajstić information content (AvgIpc) is 3.06. The summed E-state index contributed by atoms with van der Waals surface area (Å²) in [6.45, 7) is 7.68. The second-order valence-corrected chi connectivity index (χ2v) is 8.15. The molecule has 4 heterocycles. The zero-order valence-corrected chi connectivity index (χ0v) is 16.6. The topological polar surface area (TPSA) is 69.2 Å². The van der Waals surface area contributed by atoms with E-state index in [2.05, 4.69) is 15.0 Å². The number of pyridine rings is 1. The lowest BCUT2D eigenvalue weighted by atomic mass is 9.91. The van der Waals surface area contributed by atoms with Gasteiger partial charge in [-0.05, 0) is 51.9 Å². The summed E-state index contributed by atoms with van der Waals surface area (Å²) in [5.41, 5.74) is 6.42. The Morgan fingerprint density at radius 3 is 2.41 bits per heavy atom. The summed E-state index contributed by atoms with van der Waals surface area (Å²) < 4.78 is 46.9. The number of likely N-dealkylation sites (tertiary alicyclic amines) is 1. The standard InChI is InChI=1S/C20H26F3N5O/c1-12(2)28-18(13-3-5-27(6-4-13)15-10-29-11-15)8-17(26-28)14-7-16(20(21,22)23)19(24)25-9-14/h7-9,12-13,15H,3-6,10-11H2,1-2H3,(H2,24,25). The molecule has 0 saturated carbocycles. The second kappa shape index (κ2) is 7.60. The van der Waals surface area contributed by atoms with Crippen molar-refractivity contribution in [3.8, 4) is 11.3 Å². The van der Waals surface area contributed by atoms with Crippen LogP contribution in [0.15, 0.2) is 18.3 Å². The third-order valence-corrected chi connectivity index (χ3v) is 5.86. The minimum Gasteiger partial charge on any atom is -0.383 e. The number of nitrogens with zero attached hydrogens (tertiary/aromatic N) is 4. The molecule has 4 rings (SSSR count). The normalized spacial score (nSPS) is 19.7. The first-order valence-electron chi connectivity index (χ1n) is 9.98. The van der Waals surface area contributed by atoms with Gasteiger partial charge in [0.1, 0.15) is 5.82 Å². The maximum atomic E-state index is 13.2. The molecule has 2 N–H and O–H groups in total. The smallest absolute Gasteiger partial charge is 0.383 e. The lowest BCUT2D eigenvalue weighted by Crippen LogP contribution is -2.51. The van der Waals surface area contributed by atoms with E-state index in [1.807, 2.05) is 24.6 Å². The number of anilines is 1. The molecular formula is C20H26F3N5O. The summed E-state index contributed by atoms with van der Waals surface area (Å²) in [5, 5.41) is 4.62. The number of nitrogens with two attached hydrogens (primary N) is 1. The van der Waals surface area contributed by atoms with Gasteiger partial charge < -0.3 is 10.5 Å². The van der Waals surface area contributed by atoms with E-state index in [4.69, 9.17) is 10.5 Å². The first-order chi connectivity index (χ1) is 13.7. The van der Waals surface area contributed by atoms with E-state index in [1.165, 1.54) is 6.20 Å². The van der Waals surface area contributed by atoms with Crippen molar-refractivity contribution in [1.82, 2.24) is 19.7 Å². The predicted octanol–water partition coefficient (Wildman–Crippen LogP) is 3.71. The van der Waals surface area contributed by atoms with Gasteiger partial charge in [-0.3, -0.25) is 9.58 Å². The maximum absolute atomic E-state index is 13.2. The van der Waals surface area contributed by atoms with Crippen LogP contribution in [-0.4, -0.2) is 52.0 Å². The SMILES string of the molecule is CC(C)n1nc(-c2cnc(N)c(C(F)(F)F)c2)cc1C1CCN(C2COC2)CC1. The van der Waals surface area contributed by atoms with Gasteiger partial charge in [-0.2, -0.15) is 18.3 Å². The molecule has 0 radical (unpaired) electrons. The number of rotatable bonds is 4. The molecule has 2 aliphatic heterocycles. The van der Waals surface area contributed by atoms with Crippen molar-refractivity contribution in [3.63, 3.8) is 0 Å². The van der Waals surface area contributed by atoms with Crippen LogP contribution in [-0.2, 0) is 10.9 Å². The van der Waals surface area contributed by atoms with E-state index in [-0.39, 0.29) is 6.04 Å². The average molecular weight is 409 g/mol. The van der Waals surface area contributed by atoms with Crippen LogP contribution >= 0.6 is 0 Å². The molecule has 0 atom stereocenters. The molecule has 2 aromatic heterocycles. The highest BCUT2D eigenvalue weighted by Gasteiger charge is 2.35. The van der Waals surface area contributed by atoms with Crippen LogP contribution in [0.25, 0.3) is 11.3 Å². The van der Waals surface area contributed by atoms with Gasteiger partial charge in [-0.25, -0.2) is 4.98 Å². The molecule has 6 nitrogen and oxygen atoms in total. The van der Waals surface area contributed by atoms with Gasteiger partial charge in [-0.15, -0.1) is 0 Å². The largest absolute Gasteiger partial charge is 0.419 e. The first kappa shape index (κ1) is 20.2. The third kappa shape index (κ3) is 3.98. The van der Waals surface area contributed by atoms with Crippen molar-refractivity contribution in [1.29, 1.82) is 0 Å². The van der Waals surface area contributed by atoms with Gasteiger partial charge in [0, 0.05) is 29.4 Å². The molecule has 0 spiro atoms. The highest BCUT2D eigenvalue weighted by atomic mass is 19.4. The van der Waals surface area contributed by atoms with Gasteiger partial charge in [0.15, 0.2) is 0 Å². The van der Waals surface area contributed by atoms with E-state index in [0.29, 0.717) is 23.2 Å². The second-order valence-electron chi connectivity index (χ2n) is 8.15. The Hall–Kier alpha value is -2.13. The summed E-state index contributed by atoms with van der Waals surface area (Å²) in [6, 6.07) is 3.60. The van der Waals surface area contributed by atoms with Crippen molar-refractivity contribution < 1.29 is 17.9 Å². The van der Waals surface area contributed by atoms with E-state index in [1.54, 1.807) is 0 Å². The third-order valence-electron chi connectivity index (χ3n) is 5.86. The van der Waals surface area contributed by atoms with Crippen LogP contribution in [0, 0.1) is 0 Å². The van der Waals surface area contributed by atoms with Crippen LogP contribution in [0.1, 0.15) is 49.9 Å². The molecule has 0 bridgehead atoms. The quantitative estimate of drug-likeness (QED) is 0.834. The summed E-state index contributed by atoms with van der Waals surface area (Å²) in [7, 11) is 0. The zero-order valence-electron chi connectivity index (χ0n) is 16.6. The molecule has 9 heteroatoms. The predicted molar refractivity (Wildman–Crippen MR) is 103 cm³/mol. The molecule has 29 heavy (non-hydrogen) atoms. The summed E-state index contributed by atoms with van der Waals surface area (Å²) >= 11 is 0. The summed E-state index contributed by atoms with van der Waals surface area (Å²) in [5.74, 6) is -0.183. The molecule has 2 saturated heterocycles. The highest BCUT2D eigenvalue weighted by Crippen LogP contribution is 2.37. The Morgan fingerprint density at radius 1 is 1.17 bits per heavy atom. The molecule has 0 unspecified atom stereocenters. The zero-order chi connectivity index (χ0) is 20.8. The molecule has 158 valence electrons. The Kier molecular flexibility index (Phi) is 5.29. The fourth-order valence-corrected chi connectivity index (χ4v) is 4.11. The van der Waals surface area contributed by atoms with E-state index in [0.717, 1.165) is 50.9 Å². The minimum atomic E-state index is -4.55. The molecule has 2 fully saturated rings. The van der Waals surface area contributed by atoms with Crippen molar-refractivity contribution in [3.05, 3.63) is 29.6 Å². The van der Waals surface area contributed by atoms with Crippen molar-refractivity contribution >= 4 is 5.82 Å². The molecule has 2 aliphatic rings. The van der Waals surface area contributed by atoms with Gasteiger partial charge in [0.25, 0.3) is 0 Å². The number of halogens is 3. The fourth-order valence-electron chi connectivity index (χ4n) is 4.11. The number of ether oxygens (including phenoxy) is 1. The number of aromatic nitrogens is 3. The maximum Gasteiger partial charge on any atom is 0.419 e. The lowest BCUT2D eigenvalue weighted by molar-refractivity contribution is -0.137. The molecule has 0 amide bonds. The van der Waals surface area contributed by atoms with Crippen LogP contribution < -0.4 is 5.73 Å². The van der Waals surface area contributed by atoms with Crippen molar-refractivity contribution in [2.24, 2.45) is 0 Å². The summed E-state index contributed by atoms with van der Waals surface area (Å²) in [6.07, 6.45) is -1.18. The van der Waals surface area contributed by atoms with Gasteiger partial charge in [-0.1, -0.05) is 0 Å². The van der Waals surface area contributed by atoms with E-state index >= 15 is 0 Å². The van der Waals surface area contributed by atoms with E-state index < -0.39 is 17.6 Å². The Morgan fingerprint density at radius 2 is 1.86 bits per heavy atom. The fraction of sp³-hybridized carbons (Fsp3) is 0.600. The number of hydrogen-bond acceptors (Lipinski definition) is 5. The molecule has 0 aromatic carbocycles. The molecule has 0 aliphatic carbocycles. The van der Waals surface area contributed by atoms with Crippen LogP contribution in [0.3, 0.4) is 0 Å². The molecular weight excluding hydrogens is 383 g/mol. The van der Waals surface area contributed by atoms with Crippen molar-refractivity contribution in [2.45, 2.75) is 50.9 Å². The first-order valence-corrected chi connectivity index (χ1v) is 9.98. The van der Waals surface area contributed by atoms with Gasteiger partial charge in [0.2, 0.25) is 0 Å². The number of hydrogen-bond donors (Lipinski definition) is 1. The van der Waals surface area contributed by atoms with Crippen LogP contribution in [0.5, 0.6) is 0 Å². The van der Waals surface area contributed by atoms with Gasteiger partial charge >= 0.3 is 6.18 Å². The molecule has 2 aromatic rings. The lowest BCUT2D eigenvalue weighted by Gasteiger charge is -2.41. The number of alkyl halides is 3. The monoisotopic (exact) mass is 409 g/mol.